The Kier molecular flexibility index (Phi) is 4.29. The summed E-state index contributed by atoms with van der Waals surface area (Å²) >= 11 is 0. The number of nitrogens with one attached hydrogen (secondary N) is 1. The second-order valence-corrected chi connectivity index (χ2v) is 6.93. The van der Waals surface area contributed by atoms with Crippen LogP contribution in [0.2, 0.25) is 0 Å². The van der Waals surface area contributed by atoms with Gasteiger partial charge in [0.25, 0.3) is 0 Å². The first-order valence-corrected chi connectivity index (χ1v) is 7.39. The molecule has 0 bridgehead atoms. The Morgan fingerprint density at radius 2 is 1.89 bits per heavy atom. The molecule has 3 atom stereocenters. The van der Waals surface area contributed by atoms with E-state index in [2.05, 4.69) is 33.0 Å². The van der Waals surface area contributed by atoms with Crippen molar-refractivity contribution in [2.75, 3.05) is 0 Å². The Morgan fingerprint density at radius 3 is 2.47 bits per heavy atom. The van der Waals surface area contributed by atoms with Gasteiger partial charge in [-0.15, -0.1) is 0 Å². The lowest BCUT2D eigenvalue weighted by Gasteiger charge is -2.40. The molecule has 2 heteroatoms. The lowest BCUT2D eigenvalue weighted by Crippen LogP contribution is -2.42. The number of hydrogen-bond acceptors (Lipinski definition) is 1. The van der Waals surface area contributed by atoms with Gasteiger partial charge in [0.1, 0.15) is 5.82 Å². The van der Waals surface area contributed by atoms with Crippen molar-refractivity contribution in [3.05, 3.63) is 35.6 Å². The van der Waals surface area contributed by atoms with Crippen molar-refractivity contribution in [1.82, 2.24) is 5.32 Å². The van der Waals surface area contributed by atoms with Crippen LogP contribution < -0.4 is 5.32 Å². The van der Waals surface area contributed by atoms with Crippen molar-refractivity contribution in [1.29, 1.82) is 0 Å². The second kappa shape index (κ2) is 5.62. The van der Waals surface area contributed by atoms with E-state index in [1.807, 2.05) is 12.1 Å². The van der Waals surface area contributed by atoms with Gasteiger partial charge >= 0.3 is 0 Å². The van der Waals surface area contributed by atoms with Crippen LogP contribution in [0, 0.1) is 17.2 Å². The Hall–Kier alpha value is -0.890. The van der Waals surface area contributed by atoms with E-state index in [1.54, 1.807) is 12.1 Å². The Bertz CT molecular complexity index is 410. The van der Waals surface area contributed by atoms with E-state index < -0.39 is 0 Å². The zero-order chi connectivity index (χ0) is 14.0. The smallest absolute Gasteiger partial charge is 0.123 e. The highest BCUT2D eigenvalue weighted by atomic mass is 19.1. The average Bonchev–Trinajstić information content (AvgIpc) is 2.33. The molecule has 106 valence electrons. The molecule has 19 heavy (non-hydrogen) atoms. The van der Waals surface area contributed by atoms with Crippen molar-refractivity contribution in [2.45, 2.75) is 59.0 Å². The third kappa shape index (κ3) is 3.79. The summed E-state index contributed by atoms with van der Waals surface area (Å²) in [5, 5.41) is 3.72. The summed E-state index contributed by atoms with van der Waals surface area (Å²) in [6.07, 6.45) is 3.80. The van der Waals surface area contributed by atoms with Crippen molar-refractivity contribution in [2.24, 2.45) is 11.3 Å². The highest BCUT2D eigenvalue weighted by Gasteiger charge is 2.32. The Morgan fingerprint density at radius 1 is 1.26 bits per heavy atom. The van der Waals surface area contributed by atoms with Crippen molar-refractivity contribution in [3.63, 3.8) is 0 Å². The summed E-state index contributed by atoms with van der Waals surface area (Å²) in [5.74, 6) is 0.537. The molecule has 0 amide bonds. The third-order valence-corrected chi connectivity index (χ3v) is 4.53. The summed E-state index contributed by atoms with van der Waals surface area (Å²) in [5.41, 5.74) is 1.65. The van der Waals surface area contributed by atoms with Gasteiger partial charge < -0.3 is 5.32 Å². The molecule has 0 heterocycles. The molecule has 0 aliphatic heterocycles. The summed E-state index contributed by atoms with van der Waals surface area (Å²) in [4.78, 5) is 0. The van der Waals surface area contributed by atoms with Crippen LogP contribution in [0.3, 0.4) is 0 Å². The molecule has 0 spiro atoms. The first-order valence-electron chi connectivity index (χ1n) is 7.39. The van der Waals surface area contributed by atoms with E-state index >= 15 is 0 Å². The summed E-state index contributed by atoms with van der Waals surface area (Å²) in [6.45, 7) is 9.24. The highest BCUT2D eigenvalue weighted by molar-refractivity contribution is 5.19. The number of rotatable bonds is 3. The van der Waals surface area contributed by atoms with Gasteiger partial charge in [-0.2, -0.15) is 0 Å². The van der Waals surface area contributed by atoms with Gasteiger partial charge in [-0.1, -0.05) is 32.9 Å². The van der Waals surface area contributed by atoms with Gasteiger partial charge in [0.2, 0.25) is 0 Å². The quantitative estimate of drug-likeness (QED) is 0.834. The zero-order valence-corrected chi connectivity index (χ0v) is 12.5. The molecule has 2 unspecified atom stereocenters. The predicted molar refractivity (Wildman–Crippen MR) is 78.5 cm³/mol. The van der Waals surface area contributed by atoms with E-state index in [-0.39, 0.29) is 11.9 Å². The maximum Gasteiger partial charge on any atom is 0.123 e. The molecular weight excluding hydrogens is 237 g/mol. The van der Waals surface area contributed by atoms with Crippen molar-refractivity contribution < 1.29 is 4.39 Å². The topological polar surface area (TPSA) is 12.0 Å². The molecule has 1 nitrogen and oxygen atoms in total. The second-order valence-electron chi connectivity index (χ2n) is 6.93. The molecule has 0 aromatic heterocycles. The number of benzene rings is 1. The Labute approximate surface area is 116 Å². The van der Waals surface area contributed by atoms with E-state index in [4.69, 9.17) is 0 Å². The van der Waals surface area contributed by atoms with Crippen LogP contribution >= 0.6 is 0 Å². The zero-order valence-electron chi connectivity index (χ0n) is 12.5. The van der Waals surface area contributed by atoms with E-state index in [0.717, 1.165) is 0 Å². The van der Waals surface area contributed by atoms with E-state index in [9.17, 15) is 4.39 Å². The lowest BCUT2D eigenvalue weighted by molar-refractivity contribution is 0.143. The minimum absolute atomic E-state index is 0.163. The summed E-state index contributed by atoms with van der Waals surface area (Å²) < 4.78 is 12.9. The van der Waals surface area contributed by atoms with Crippen molar-refractivity contribution >= 4 is 0 Å². The van der Waals surface area contributed by atoms with Crippen LogP contribution in [0.1, 0.15) is 58.6 Å². The van der Waals surface area contributed by atoms with Crippen LogP contribution in [0.5, 0.6) is 0 Å². The predicted octanol–water partition coefficient (Wildman–Crippen LogP) is 4.69. The van der Waals surface area contributed by atoms with Crippen LogP contribution in [-0.4, -0.2) is 6.04 Å². The molecule has 0 saturated heterocycles. The standard InChI is InChI=1S/C17H26FN/c1-12-11-17(3,4)10-9-16(12)19-13(2)14-5-7-15(18)8-6-14/h5-8,12-13,16,19H,9-11H2,1-4H3/t12?,13-,16?/m0/s1. The van der Waals surface area contributed by atoms with Crippen LogP contribution in [0.15, 0.2) is 24.3 Å². The number of halogens is 1. The average molecular weight is 263 g/mol. The van der Waals surface area contributed by atoms with Gasteiger partial charge in [0.05, 0.1) is 0 Å². The third-order valence-electron chi connectivity index (χ3n) is 4.53. The highest BCUT2D eigenvalue weighted by Crippen LogP contribution is 2.39. The fourth-order valence-electron chi connectivity index (χ4n) is 3.36. The van der Waals surface area contributed by atoms with Crippen LogP contribution in [0.25, 0.3) is 0 Å². The van der Waals surface area contributed by atoms with Gasteiger partial charge in [0.15, 0.2) is 0 Å². The Balaban J connectivity index is 1.96. The van der Waals surface area contributed by atoms with Gasteiger partial charge in [-0.05, 0) is 55.2 Å². The van der Waals surface area contributed by atoms with E-state index in [1.165, 1.54) is 24.8 Å². The fraction of sp³-hybridized carbons (Fsp3) is 0.647. The monoisotopic (exact) mass is 263 g/mol. The number of hydrogen-bond donors (Lipinski definition) is 1. The molecule has 1 fully saturated rings. The molecule has 0 radical (unpaired) electrons. The fourth-order valence-corrected chi connectivity index (χ4v) is 3.36. The molecule has 1 aromatic rings. The summed E-state index contributed by atoms with van der Waals surface area (Å²) in [6, 6.07) is 7.71. The first kappa shape index (κ1) is 14.5. The molecule has 1 aliphatic carbocycles. The molecule has 1 N–H and O–H groups in total. The minimum Gasteiger partial charge on any atom is -0.307 e. The SMILES string of the molecule is CC1CC(C)(C)CCC1N[C@@H](C)c1ccc(F)cc1. The summed E-state index contributed by atoms with van der Waals surface area (Å²) in [7, 11) is 0. The maximum atomic E-state index is 12.9. The lowest BCUT2D eigenvalue weighted by atomic mass is 9.70. The largest absolute Gasteiger partial charge is 0.307 e. The molecule has 1 aliphatic rings. The van der Waals surface area contributed by atoms with Crippen LogP contribution in [-0.2, 0) is 0 Å². The van der Waals surface area contributed by atoms with Crippen molar-refractivity contribution in [3.8, 4) is 0 Å². The molecule has 1 saturated carbocycles. The van der Waals surface area contributed by atoms with Gasteiger partial charge in [0, 0.05) is 12.1 Å². The van der Waals surface area contributed by atoms with Crippen LogP contribution in [0.4, 0.5) is 4.39 Å². The first-order chi connectivity index (χ1) is 8.87. The van der Waals surface area contributed by atoms with Gasteiger partial charge in [-0.3, -0.25) is 0 Å². The molecule has 1 aromatic carbocycles. The minimum atomic E-state index is -0.163. The normalized spacial score (nSPS) is 28.1. The molecule has 2 rings (SSSR count). The maximum absolute atomic E-state index is 12.9. The van der Waals surface area contributed by atoms with Gasteiger partial charge in [-0.25, -0.2) is 4.39 Å². The molecular formula is C17H26FN. The van der Waals surface area contributed by atoms with E-state index in [0.29, 0.717) is 17.4 Å².